The number of ether oxygens (including phenoxy) is 1. The summed E-state index contributed by atoms with van der Waals surface area (Å²) in [6, 6.07) is 0. The summed E-state index contributed by atoms with van der Waals surface area (Å²) < 4.78 is 97.3. The van der Waals surface area contributed by atoms with E-state index in [2.05, 4.69) is 11.3 Å². The van der Waals surface area contributed by atoms with Crippen molar-refractivity contribution >= 4 is 0 Å². The van der Waals surface area contributed by atoms with E-state index >= 15 is 0 Å². The molecule has 0 bridgehead atoms. The number of halogens is 8. The van der Waals surface area contributed by atoms with E-state index in [-0.39, 0.29) is 0 Å². The smallest absolute Gasteiger partial charge is 0.246 e. The molecule has 0 rings (SSSR count). The molecule has 0 saturated heterocycles. The molecule has 0 aromatic heterocycles. The van der Waals surface area contributed by atoms with Crippen LogP contribution < -0.4 is 0 Å². The monoisotopic (exact) mass is 244 g/mol. The van der Waals surface area contributed by atoms with Crippen molar-refractivity contribution in [3.8, 4) is 0 Å². The molecule has 1 nitrogen and oxygen atoms in total. The fourth-order valence-electron chi connectivity index (χ4n) is 0.402. The van der Waals surface area contributed by atoms with Gasteiger partial charge in [-0.05, 0) is 6.08 Å². The van der Waals surface area contributed by atoms with Gasteiger partial charge in [-0.15, -0.1) is 0 Å². The molecule has 0 saturated carbocycles. The van der Waals surface area contributed by atoms with Gasteiger partial charge in [0.2, 0.25) is 0 Å². The Kier molecular flexibility index (Phi) is 3.72. The maximum atomic E-state index is 12.2. The first kappa shape index (κ1) is 14.1. The van der Waals surface area contributed by atoms with Crippen molar-refractivity contribution in [3.05, 3.63) is 12.7 Å². The SMILES string of the molecule is C=CC(F)(F)C(F)(F)OC(F)(F)C(F)F. The van der Waals surface area contributed by atoms with E-state index in [0.717, 1.165) is 0 Å². The molecule has 0 atom stereocenters. The minimum Gasteiger partial charge on any atom is -0.246 e. The van der Waals surface area contributed by atoms with E-state index in [4.69, 9.17) is 0 Å². The third kappa shape index (κ3) is 3.05. The molecule has 0 heterocycles. The second-order valence-corrected chi connectivity index (χ2v) is 2.31. The summed E-state index contributed by atoms with van der Waals surface area (Å²) in [6.07, 6.45) is -16.8. The lowest BCUT2D eigenvalue weighted by Crippen LogP contribution is -2.48. The molecule has 0 aliphatic rings. The van der Waals surface area contributed by atoms with Crippen LogP contribution in [-0.2, 0) is 4.74 Å². The molecule has 0 aliphatic heterocycles. The van der Waals surface area contributed by atoms with Gasteiger partial charge in [-0.1, -0.05) is 6.58 Å². The summed E-state index contributed by atoms with van der Waals surface area (Å²) in [6.45, 7) is 2.23. The van der Waals surface area contributed by atoms with Crippen molar-refractivity contribution in [1.82, 2.24) is 0 Å². The highest BCUT2D eigenvalue weighted by Crippen LogP contribution is 2.41. The lowest BCUT2D eigenvalue weighted by molar-refractivity contribution is -0.441. The summed E-state index contributed by atoms with van der Waals surface area (Å²) >= 11 is 0. The first-order valence-corrected chi connectivity index (χ1v) is 3.21. The molecule has 0 aromatic carbocycles. The molecule has 0 aromatic rings. The maximum Gasteiger partial charge on any atom is 0.427 e. The fourth-order valence-corrected chi connectivity index (χ4v) is 0.402. The molecule has 0 radical (unpaired) electrons. The molecule has 9 heteroatoms. The molecule has 90 valence electrons. The van der Waals surface area contributed by atoms with Gasteiger partial charge in [0.15, 0.2) is 0 Å². The van der Waals surface area contributed by atoms with Gasteiger partial charge < -0.3 is 0 Å². The van der Waals surface area contributed by atoms with Gasteiger partial charge in [0.25, 0.3) is 0 Å². The second-order valence-electron chi connectivity index (χ2n) is 2.31. The van der Waals surface area contributed by atoms with E-state index < -0.39 is 30.6 Å². The molecule has 0 spiro atoms. The first-order chi connectivity index (χ1) is 6.46. The largest absolute Gasteiger partial charge is 0.427 e. The lowest BCUT2D eigenvalue weighted by Gasteiger charge is -2.27. The van der Waals surface area contributed by atoms with Crippen molar-refractivity contribution in [1.29, 1.82) is 0 Å². The highest BCUT2D eigenvalue weighted by atomic mass is 19.3. The predicted octanol–water partition coefficient (Wildman–Crippen LogP) is 3.28. The fraction of sp³-hybridized carbons (Fsp3) is 0.667. The Labute approximate surface area is 78.3 Å². The van der Waals surface area contributed by atoms with Gasteiger partial charge in [-0.2, -0.15) is 26.3 Å². The Morgan fingerprint density at radius 1 is 1.00 bits per heavy atom. The van der Waals surface area contributed by atoms with Crippen LogP contribution in [0.1, 0.15) is 0 Å². The van der Waals surface area contributed by atoms with Crippen LogP contribution in [0.2, 0.25) is 0 Å². The van der Waals surface area contributed by atoms with Crippen molar-refractivity contribution < 1.29 is 39.9 Å². The van der Waals surface area contributed by atoms with Gasteiger partial charge in [0.05, 0.1) is 0 Å². The topological polar surface area (TPSA) is 9.23 Å². The lowest BCUT2D eigenvalue weighted by atomic mass is 10.3. The third-order valence-corrected chi connectivity index (χ3v) is 1.16. The van der Waals surface area contributed by atoms with E-state index in [1.165, 1.54) is 0 Å². The van der Waals surface area contributed by atoms with Crippen molar-refractivity contribution in [2.45, 2.75) is 24.6 Å². The zero-order chi connectivity index (χ0) is 12.5. The summed E-state index contributed by atoms with van der Waals surface area (Å²) in [5, 5.41) is 0. The zero-order valence-electron chi connectivity index (χ0n) is 6.79. The van der Waals surface area contributed by atoms with Crippen LogP contribution in [0.3, 0.4) is 0 Å². The summed E-state index contributed by atoms with van der Waals surface area (Å²) in [4.78, 5) is 0. The maximum absolute atomic E-state index is 12.2. The summed E-state index contributed by atoms with van der Waals surface area (Å²) in [5.74, 6) is -5.18. The van der Waals surface area contributed by atoms with Crippen LogP contribution in [0.25, 0.3) is 0 Å². The van der Waals surface area contributed by atoms with Gasteiger partial charge in [-0.25, -0.2) is 13.5 Å². The summed E-state index contributed by atoms with van der Waals surface area (Å²) in [7, 11) is 0. The highest BCUT2D eigenvalue weighted by Gasteiger charge is 2.62. The number of rotatable bonds is 5. The Bertz CT molecular complexity index is 235. The predicted molar refractivity (Wildman–Crippen MR) is 32.1 cm³/mol. The molecule has 0 unspecified atom stereocenters. The van der Waals surface area contributed by atoms with Crippen LogP contribution in [0.15, 0.2) is 12.7 Å². The Balaban J connectivity index is 4.86. The number of hydrogen-bond donors (Lipinski definition) is 0. The van der Waals surface area contributed by atoms with E-state index in [0.29, 0.717) is 0 Å². The van der Waals surface area contributed by atoms with E-state index in [1.54, 1.807) is 0 Å². The molecule has 0 fully saturated rings. The molecule has 0 amide bonds. The molecule has 0 N–H and O–H groups in total. The van der Waals surface area contributed by atoms with Gasteiger partial charge in [0.1, 0.15) is 0 Å². The first-order valence-electron chi connectivity index (χ1n) is 3.21. The number of hydrogen-bond acceptors (Lipinski definition) is 1. The van der Waals surface area contributed by atoms with Crippen molar-refractivity contribution in [2.75, 3.05) is 0 Å². The molecule has 15 heavy (non-hydrogen) atoms. The van der Waals surface area contributed by atoms with Crippen LogP contribution in [0.4, 0.5) is 35.1 Å². The Morgan fingerprint density at radius 3 is 1.67 bits per heavy atom. The Morgan fingerprint density at radius 2 is 1.40 bits per heavy atom. The van der Waals surface area contributed by atoms with Crippen LogP contribution in [0, 0.1) is 0 Å². The zero-order valence-corrected chi connectivity index (χ0v) is 6.79. The molecular formula is C6H4F8O. The summed E-state index contributed by atoms with van der Waals surface area (Å²) in [5.41, 5.74) is 0. The van der Waals surface area contributed by atoms with Gasteiger partial charge in [-0.3, -0.25) is 0 Å². The van der Waals surface area contributed by atoms with Crippen LogP contribution in [-0.4, -0.2) is 24.6 Å². The highest BCUT2D eigenvalue weighted by molar-refractivity contribution is 4.94. The van der Waals surface area contributed by atoms with Gasteiger partial charge in [0, 0.05) is 0 Å². The van der Waals surface area contributed by atoms with Crippen molar-refractivity contribution in [3.63, 3.8) is 0 Å². The minimum atomic E-state index is -5.77. The average Bonchev–Trinajstić information content (AvgIpc) is 2.01. The normalized spacial score (nSPS) is 14.5. The number of alkyl halides is 8. The average molecular weight is 244 g/mol. The van der Waals surface area contributed by atoms with Crippen LogP contribution >= 0.6 is 0 Å². The van der Waals surface area contributed by atoms with E-state index in [9.17, 15) is 35.1 Å². The minimum absolute atomic E-state index is 0.686. The van der Waals surface area contributed by atoms with Crippen LogP contribution in [0.5, 0.6) is 0 Å². The van der Waals surface area contributed by atoms with Gasteiger partial charge >= 0.3 is 24.6 Å². The second kappa shape index (κ2) is 3.95. The van der Waals surface area contributed by atoms with E-state index in [1.807, 2.05) is 0 Å². The molecular weight excluding hydrogens is 240 g/mol. The quantitative estimate of drug-likeness (QED) is 0.532. The standard InChI is InChI=1S/C6H4F8O/c1-2-4(9,10)6(13,14)15-5(11,12)3(7)8/h2-3H,1H2. The third-order valence-electron chi connectivity index (χ3n) is 1.16. The Hall–Kier alpha value is -0.860. The molecule has 0 aliphatic carbocycles. The van der Waals surface area contributed by atoms with Crippen molar-refractivity contribution in [2.24, 2.45) is 0 Å².